The van der Waals surface area contributed by atoms with E-state index in [1.54, 1.807) is 35.5 Å². The molecular formula is C22H22N4O3S. The minimum atomic E-state index is -0.295. The first-order valence-corrected chi connectivity index (χ1v) is 10.6. The number of benzene rings is 1. The zero-order chi connectivity index (χ0) is 21.1. The molecule has 154 valence electrons. The molecule has 1 aromatic carbocycles. The highest BCUT2D eigenvalue weighted by molar-refractivity contribution is 7.17. The van der Waals surface area contributed by atoms with Crippen molar-refractivity contribution in [3.8, 4) is 16.3 Å². The predicted octanol–water partition coefficient (Wildman–Crippen LogP) is 3.71. The molecular weight excluding hydrogens is 400 g/mol. The fourth-order valence-electron chi connectivity index (χ4n) is 3.55. The Morgan fingerprint density at radius 2 is 2.13 bits per heavy atom. The number of aromatic nitrogens is 2. The van der Waals surface area contributed by atoms with E-state index >= 15 is 0 Å². The first-order valence-electron chi connectivity index (χ1n) is 9.78. The van der Waals surface area contributed by atoms with Gasteiger partial charge in [0, 0.05) is 42.8 Å². The molecule has 1 aliphatic heterocycles. The van der Waals surface area contributed by atoms with Gasteiger partial charge >= 0.3 is 0 Å². The molecule has 2 N–H and O–H groups in total. The lowest BCUT2D eigenvalue weighted by molar-refractivity contribution is -0.121. The summed E-state index contributed by atoms with van der Waals surface area (Å²) in [6.45, 7) is 2.82. The summed E-state index contributed by atoms with van der Waals surface area (Å²) >= 11 is 1.36. The Morgan fingerprint density at radius 3 is 2.90 bits per heavy atom. The third kappa shape index (κ3) is 4.33. The van der Waals surface area contributed by atoms with Crippen molar-refractivity contribution in [3.05, 3.63) is 59.4 Å². The summed E-state index contributed by atoms with van der Waals surface area (Å²) < 4.78 is 0. The minimum absolute atomic E-state index is 0.0880. The van der Waals surface area contributed by atoms with Crippen molar-refractivity contribution in [2.24, 2.45) is 5.92 Å². The quantitative estimate of drug-likeness (QED) is 0.668. The third-order valence-electron chi connectivity index (χ3n) is 5.09. The van der Waals surface area contributed by atoms with Gasteiger partial charge in [-0.3, -0.25) is 14.6 Å². The fourth-order valence-corrected chi connectivity index (χ4v) is 4.58. The van der Waals surface area contributed by atoms with Crippen molar-refractivity contribution < 1.29 is 14.7 Å². The Bertz CT molecular complexity index is 1070. The molecule has 1 atom stereocenters. The molecule has 1 aliphatic rings. The fraction of sp³-hybridized carbons (Fsp3) is 0.273. The number of pyridine rings is 1. The number of hydrogen-bond donors (Lipinski definition) is 2. The Labute approximate surface area is 178 Å². The van der Waals surface area contributed by atoms with E-state index in [4.69, 9.17) is 0 Å². The maximum absolute atomic E-state index is 13.2. The summed E-state index contributed by atoms with van der Waals surface area (Å²) in [6, 6.07) is 10.2. The highest BCUT2D eigenvalue weighted by Crippen LogP contribution is 2.30. The molecule has 8 heteroatoms. The van der Waals surface area contributed by atoms with Crippen LogP contribution in [0.4, 0.5) is 5.69 Å². The van der Waals surface area contributed by atoms with Crippen molar-refractivity contribution in [1.82, 2.24) is 14.9 Å². The monoisotopic (exact) mass is 422 g/mol. The number of aromatic hydroxyl groups is 1. The Kier molecular flexibility index (Phi) is 5.76. The smallest absolute Gasteiger partial charge is 0.265 e. The number of phenolic OH excluding ortho intramolecular Hbond substituents is 1. The van der Waals surface area contributed by atoms with Crippen LogP contribution in [-0.4, -0.2) is 44.9 Å². The highest BCUT2D eigenvalue weighted by atomic mass is 32.1. The summed E-state index contributed by atoms with van der Waals surface area (Å²) in [7, 11) is 0. The normalized spacial score (nSPS) is 16.3. The number of piperidine rings is 1. The molecule has 0 bridgehead atoms. The standard InChI is InChI=1S/C22H22N4O3S/c1-14-19(30-21(24-14)15-5-3-9-23-12-15)22(29)26-10-4-6-16(13-26)20(28)25-17-7-2-8-18(27)11-17/h2-3,5,7-9,11-12,16,27H,4,6,10,13H2,1H3,(H,25,28). The van der Waals surface area contributed by atoms with E-state index in [1.165, 1.54) is 17.4 Å². The minimum Gasteiger partial charge on any atom is -0.508 e. The van der Waals surface area contributed by atoms with Crippen LogP contribution in [0.25, 0.3) is 10.6 Å². The van der Waals surface area contributed by atoms with Gasteiger partial charge in [0.15, 0.2) is 0 Å². The van der Waals surface area contributed by atoms with Crippen molar-refractivity contribution in [2.45, 2.75) is 19.8 Å². The van der Waals surface area contributed by atoms with Gasteiger partial charge in [-0.2, -0.15) is 0 Å². The largest absolute Gasteiger partial charge is 0.508 e. The van der Waals surface area contributed by atoms with E-state index in [-0.39, 0.29) is 23.5 Å². The number of carbonyl (C=O) groups is 2. The van der Waals surface area contributed by atoms with E-state index in [0.717, 1.165) is 23.4 Å². The summed E-state index contributed by atoms with van der Waals surface area (Å²) in [5.74, 6) is -0.431. The lowest BCUT2D eigenvalue weighted by atomic mass is 9.96. The number of phenols is 1. The van der Waals surface area contributed by atoms with E-state index in [9.17, 15) is 14.7 Å². The summed E-state index contributed by atoms with van der Waals surface area (Å²) in [4.78, 5) is 36.8. The van der Waals surface area contributed by atoms with Gasteiger partial charge in [-0.1, -0.05) is 6.07 Å². The number of hydrogen-bond acceptors (Lipinski definition) is 6. The molecule has 1 fully saturated rings. The van der Waals surface area contributed by atoms with Crippen LogP contribution in [0, 0.1) is 12.8 Å². The van der Waals surface area contributed by atoms with E-state index in [1.807, 2.05) is 19.1 Å². The van der Waals surface area contributed by atoms with Crippen LogP contribution in [-0.2, 0) is 4.79 Å². The molecule has 4 rings (SSSR count). The topological polar surface area (TPSA) is 95.4 Å². The lowest BCUT2D eigenvalue weighted by Gasteiger charge is -2.31. The van der Waals surface area contributed by atoms with Crippen LogP contribution >= 0.6 is 11.3 Å². The van der Waals surface area contributed by atoms with Gasteiger partial charge in [-0.25, -0.2) is 4.98 Å². The number of carbonyl (C=O) groups excluding carboxylic acids is 2. The van der Waals surface area contributed by atoms with Gasteiger partial charge in [0.1, 0.15) is 15.6 Å². The molecule has 30 heavy (non-hydrogen) atoms. The number of anilines is 1. The van der Waals surface area contributed by atoms with Crippen molar-refractivity contribution in [2.75, 3.05) is 18.4 Å². The first kappa shape index (κ1) is 20.0. The molecule has 0 aliphatic carbocycles. The van der Waals surface area contributed by atoms with Crippen molar-refractivity contribution in [1.29, 1.82) is 0 Å². The molecule has 0 saturated carbocycles. The van der Waals surface area contributed by atoms with Crippen LogP contribution in [0.15, 0.2) is 48.8 Å². The maximum Gasteiger partial charge on any atom is 0.265 e. The molecule has 2 amide bonds. The molecule has 0 radical (unpaired) electrons. The van der Waals surface area contributed by atoms with Crippen LogP contribution in [0.5, 0.6) is 5.75 Å². The lowest BCUT2D eigenvalue weighted by Crippen LogP contribution is -2.43. The average Bonchev–Trinajstić information content (AvgIpc) is 3.15. The number of nitrogens with zero attached hydrogens (tertiary/aromatic N) is 3. The molecule has 0 spiro atoms. The molecule has 1 saturated heterocycles. The second-order valence-electron chi connectivity index (χ2n) is 7.31. The third-order valence-corrected chi connectivity index (χ3v) is 6.29. The zero-order valence-electron chi connectivity index (χ0n) is 16.5. The molecule has 7 nitrogen and oxygen atoms in total. The number of amides is 2. The molecule has 2 aromatic heterocycles. The van der Waals surface area contributed by atoms with Crippen LogP contribution < -0.4 is 5.32 Å². The van der Waals surface area contributed by atoms with Crippen LogP contribution in [0.2, 0.25) is 0 Å². The number of rotatable bonds is 4. The summed E-state index contributed by atoms with van der Waals surface area (Å²) in [5.41, 5.74) is 2.12. The Hall–Kier alpha value is -3.26. The predicted molar refractivity (Wildman–Crippen MR) is 115 cm³/mol. The second-order valence-corrected chi connectivity index (χ2v) is 8.30. The number of nitrogens with one attached hydrogen (secondary N) is 1. The van der Waals surface area contributed by atoms with Gasteiger partial charge in [0.25, 0.3) is 5.91 Å². The van der Waals surface area contributed by atoms with E-state index in [0.29, 0.717) is 29.3 Å². The molecule has 1 unspecified atom stereocenters. The SMILES string of the molecule is Cc1nc(-c2cccnc2)sc1C(=O)N1CCCC(C(=O)Nc2cccc(O)c2)C1. The van der Waals surface area contributed by atoms with Gasteiger partial charge in [-0.05, 0) is 44.0 Å². The number of aryl methyl sites for hydroxylation is 1. The second kappa shape index (κ2) is 8.62. The van der Waals surface area contributed by atoms with Crippen LogP contribution in [0.1, 0.15) is 28.2 Å². The van der Waals surface area contributed by atoms with Gasteiger partial charge in [0.2, 0.25) is 5.91 Å². The number of thiazole rings is 1. The average molecular weight is 423 g/mol. The van der Waals surface area contributed by atoms with E-state index < -0.39 is 0 Å². The van der Waals surface area contributed by atoms with E-state index in [2.05, 4.69) is 15.3 Å². The Balaban J connectivity index is 1.46. The maximum atomic E-state index is 13.2. The Morgan fingerprint density at radius 1 is 1.27 bits per heavy atom. The van der Waals surface area contributed by atoms with Gasteiger partial charge in [-0.15, -0.1) is 11.3 Å². The van der Waals surface area contributed by atoms with Crippen molar-refractivity contribution in [3.63, 3.8) is 0 Å². The highest BCUT2D eigenvalue weighted by Gasteiger charge is 2.30. The molecule has 3 heterocycles. The zero-order valence-corrected chi connectivity index (χ0v) is 17.4. The molecule has 3 aromatic rings. The summed E-state index contributed by atoms with van der Waals surface area (Å²) in [5, 5.41) is 13.2. The van der Waals surface area contributed by atoms with Gasteiger partial charge in [0.05, 0.1) is 11.6 Å². The first-order chi connectivity index (χ1) is 14.5. The van der Waals surface area contributed by atoms with Crippen LogP contribution in [0.3, 0.4) is 0 Å². The van der Waals surface area contributed by atoms with Gasteiger partial charge < -0.3 is 15.3 Å². The van der Waals surface area contributed by atoms with Crippen molar-refractivity contribution >= 4 is 28.8 Å². The number of likely N-dealkylation sites (tertiary alicyclic amines) is 1. The summed E-state index contributed by atoms with van der Waals surface area (Å²) in [6.07, 6.45) is 4.91.